The van der Waals surface area contributed by atoms with E-state index >= 15 is 0 Å². The lowest BCUT2D eigenvalue weighted by Crippen LogP contribution is -2.49. The van der Waals surface area contributed by atoms with Crippen molar-refractivity contribution in [3.63, 3.8) is 0 Å². The summed E-state index contributed by atoms with van der Waals surface area (Å²) in [6.45, 7) is 1.28. The Labute approximate surface area is 184 Å². The first kappa shape index (κ1) is 24.3. The van der Waals surface area contributed by atoms with E-state index in [-0.39, 0.29) is 28.9 Å². The van der Waals surface area contributed by atoms with E-state index in [1.54, 1.807) is 23.1 Å². The highest BCUT2D eigenvalue weighted by Crippen LogP contribution is 2.22. The molecule has 0 atom stereocenters. The van der Waals surface area contributed by atoms with Crippen molar-refractivity contribution in [2.75, 3.05) is 45.9 Å². The van der Waals surface area contributed by atoms with Crippen molar-refractivity contribution in [1.82, 2.24) is 9.80 Å². The molecule has 1 aromatic carbocycles. The van der Waals surface area contributed by atoms with E-state index in [4.69, 9.17) is 4.42 Å². The topological polar surface area (TPSA) is 80.1 Å². The van der Waals surface area contributed by atoms with Gasteiger partial charge in [-0.05, 0) is 24.6 Å². The maximum Gasteiger partial charge on any atom is 0.411 e. The molecule has 0 unspecified atom stereocenters. The fourth-order valence-electron chi connectivity index (χ4n) is 3.45. The first-order valence-electron chi connectivity index (χ1n) is 10.2. The molecule has 176 valence electrons. The molecule has 32 heavy (non-hydrogen) atoms. The SMILES string of the molecule is O=C(c1occc1CS(=O)(=O)c1ccccc1)N1CCN(CCCOCC(F)(F)F)CC1. The van der Waals surface area contributed by atoms with Crippen molar-refractivity contribution in [3.05, 3.63) is 54.0 Å². The Morgan fingerprint density at radius 1 is 1.06 bits per heavy atom. The minimum atomic E-state index is -4.32. The van der Waals surface area contributed by atoms with Crippen molar-refractivity contribution in [1.29, 1.82) is 0 Å². The van der Waals surface area contributed by atoms with E-state index in [1.807, 2.05) is 4.90 Å². The Morgan fingerprint density at radius 3 is 2.41 bits per heavy atom. The molecule has 11 heteroatoms. The van der Waals surface area contributed by atoms with E-state index in [0.29, 0.717) is 44.7 Å². The highest BCUT2D eigenvalue weighted by molar-refractivity contribution is 7.90. The Bertz CT molecular complexity index is 984. The number of carbonyl (C=O) groups is 1. The third kappa shape index (κ3) is 6.81. The van der Waals surface area contributed by atoms with E-state index < -0.39 is 22.6 Å². The normalized spacial score (nSPS) is 15.8. The van der Waals surface area contributed by atoms with Gasteiger partial charge < -0.3 is 14.1 Å². The standard InChI is InChI=1S/C21H25F3N2O5S/c22-21(23,24)16-30-13-4-8-25-9-11-26(12-10-25)20(27)19-17(7-14-31-19)15-32(28,29)18-5-2-1-3-6-18/h1-3,5-7,14H,4,8-13,15-16H2. The number of halogens is 3. The smallest absolute Gasteiger partial charge is 0.411 e. The summed E-state index contributed by atoms with van der Waals surface area (Å²) in [4.78, 5) is 16.7. The predicted octanol–water partition coefficient (Wildman–Crippen LogP) is 2.98. The summed E-state index contributed by atoms with van der Waals surface area (Å²) in [5, 5.41) is 0. The summed E-state index contributed by atoms with van der Waals surface area (Å²) in [5.74, 6) is -0.702. The summed E-state index contributed by atoms with van der Waals surface area (Å²) < 4.78 is 71.4. The second-order valence-electron chi connectivity index (χ2n) is 7.50. The lowest BCUT2D eigenvalue weighted by molar-refractivity contribution is -0.174. The largest absolute Gasteiger partial charge is 0.459 e. The molecular formula is C21H25F3N2O5S. The number of piperazine rings is 1. The van der Waals surface area contributed by atoms with Gasteiger partial charge in [-0.1, -0.05) is 18.2 Å². The lowest BCUT2D eigenvalue weighted by Gasteiger charge is -2.34. The van der Waals surface area contributed by atoms with Gasteiger partial charge in [0.05, 0.1) is 16.9 Å². The Kier molecular flexibility index (Phi) is 7.96. The maximum absolute atomic E-state index is 12.9. The molecule has 2 heterocycles. The number of sulfone groups is 1. The van der Waals surface area contributed by atoms with Gasteiger partial charge in [0.25, 0.3) is 5.91 Å². The molecule has 3 rings (SSSR count). The molecule has 0 saturated carbocycles. The van der Waals surface area contributed by atoms with Crippen LogP contribution in [0.2, 0.25) is 0 Å². The zero-order valence-electron chi connectivity index (χ0n) is 17.4. The molecule has 1 aliphatic heterocycles. The third-order valence-electron chi connectivity index (χ3n) is 5.08. The molecule has 7 nitrogen and oxygen atoms in total. The summed E-state index contributed by atoms with van der Waals surface area (Å²) in [6, 6.07) is 9.49. The zero-order chi connectivity index (χ0) is 23.2. The maximum atomic E-state index is 12.9. The molecular weight excluding hydrogens is 449 g/mol. The lowest BCUT2D eigenvalue weighted by atomic mass is 10.2. The molecule has 1 amide bonds. The van der Waals surface area contributed by atoms with Crippen LogP contribution in [-0.2, 0) is 20.3 Å². The van der Waals surface area contributed by atoms with E-state index in [9.17, 15) is 26.4 Å². The van der Waals surface area contributed by atoms with Crippen LogP contribution < -0.4 is 0 Å². The third-order valence-corrected chi connectivity index (χ3v) is 6.76. The molecule has 1 fully saturated rings. The molecule has 0 radical (unpaired) electrons. The van der Waals surface area contributed by atoms with Gasteiger partial charge in [-0.25, -0.2) is 8.42 Å². The van der Waals surface area contributed by atoms with Gasteiger partial charge in [0.1, 0.15) is 6.61 Å². The number of alkyl halides is 3. The first-order chi connectivity index (χ1) is 15.2. The molecule has 2 aromatic rings. The predicted molar refractivity (Wildman–Crippen MR) is 110 cm³/mol. The Morgan fingerprint density at radius 2 is 1.75 bits per heavy atom. The molecule has 0 N–H and O–H groups in total. The summed E-state index contributed by atoms with van der Waals surface area (Å²) in [7, 11) is -3.62. The highest BCUT2D eigenvalue weighted by Gasteiger charge is 2.29. The van der Waals surface area contributed by atoms with Gasteiger partial charge in [0.15, 0.2) is 15.6 Å². The number of carbonyl (C=O) groups excluding carboxylic acids is 1. The van der Waals surface area contributed by atoms with Gasteiger partial charge in [-0.2, -0.15) is 13.2 Å². The Hall–Kier alpha value is -2.37. The molecule has 1 aliphatic rings. The van der Waals surface area contributed by atoms with E-state index in [2.05, 4.69) is 4.74 Å². The van der Waals surface area contributed by atoms with Crippen LogP contribution in [0.15, 0.2) is 52.0 Å². The number of rotatable bonds is 9. The number of hydrogen-bond donors (Lipinski definition) is 0. The van der Waals surface area contributed by atoms with Gasteiger partial charge in [0.2, 0.25) is 0 Å². The fraction of sp³-hybridized carbons (Fsp3) is 0.476. The van der Waals surface area contributed by atoms with Gasteiger partial charge in [-0.3, -0.25) is 9.69 Å². The van der Waals surface area contributed by atoms with Crippen molar-refractivity contribution >= 4 is 15.7 Å². The number of furan rings is 1. The van der Waals surface area contributed by atoms with Crippen molar-refractivity contribution in [2.24, 2.45) is 0 Å². The van der Waals surface area contributed by atoms with Crippen LogP contribution in [0.25, 0.3) is 0 Å². The van der Waals surface area contributed by atoms with Crippen LogP contribution in [0, 0.1) is 0 Å². The van der Waals surface area contributed by atoms with Crippen molar-refractivity contribution < 1.29 is 35.5 Å². The van der Waals surface area contributed by atoms with Crippen molar-refractivity contribution in [3.8, 4) is 0 Å². The van der Waals surface area contributed by atoms with Crippen molar-refractivity contribution in [2.45, 2.75) is 23.2 Å². The van der Waals surface area contributed by atoms with Gasteiger partial charge in [0, 0.05) is 44.9 Å². The monoisotopic (exact) mass is 474 g/mol. The molecule has 0 spiro atoms. The first-order valence-corrected chi connectivity index (χ1v) is 11.8. The minimum absolute atomic E-state index is 0.0125. The molecule has 1 aromatic heterocycles. The number of amides is 1. The second-order valence-corrected chi connectivity index (χ2v) is 9.49. The minimum Gasteiger partial charge on any atom is -0.459 e. The summed E-state index contributed by atoms with van der Waals surface area (Å²) >= 11 is 0. The zero-order valence-corrected chi connectivity index (χ0v) is 18.2. The second kappa shape index (κ2) is 10.5. The molecule has 0 aliphatic carbocycles. The quantitative estimate of drug-likeness (QED) is 0.520. The van der Waals surface area contributed by atoms with E-state index in [1.165, 1.54) is 24.5 Å². The van der Waals surface area contributed by atoms with Crippen LogP contribution >= 0.6 is 0 Å². The average Bonchev–Trinajstić information content (AvgIpc) is 3.20. The average molecular weight is 475 g/mol. The summed E-state index contributed by atoms with van der Waals surface area (Å²) in [5.41, 5.74) is 0.308. The van der Waals surface area contributed by atoms with Crippen LogP contribution in [0.3, 0.4) is 0 Å². The van der Waals surface area contributed by atoms with Crippen LogP contribution in [0.1, 0.15) is 22.5 Å². The molecule has 1 saturated heterocycles. The van der Waals surface area contributed by atoms with Crippen LogP contribution in [-0.4, -0.2) is 76.2 Å². The number of nitrogens with zero attached hydrogens (tertiary/aromatic N) is 2. The number of benzene rings is 1. The summed E-state index contributed by atoms with van der Waals surface area (Å²) in [6.07, 6.45) is -2.55. The number of hydrogen-bond acceptors (Lipinski definition) is 6. The fourth-order valence-corrected chi connectivity index (χ4v) is 4.82. The van der Waals surface area contributed by atoms with Crippen LogP contribution in [0.4, 0.5) is 13.2 Å². The van der Waals surface area contributed by atoms with E-state index in [0.717, 1.165) is 0 Å². The van der Waals surface area contributed by atoms with Gasteiger partial charge in [-0.15, -0.1) is 0 Å². The number of ether oxygens (including phenoxy) is 1. The van der Waals surface area contributed by atoms with Gasteiger partial charge >= 0.3 is 6.18 Å². The molecule has 0 bridgehead atoms. The Balaban J connectivity index is 1.50. The highest BCUT2D eigenvalue weighted by atomic mass is 32.2. The van der Waals surface area contributed by atoms with Crippen LogP contribution in [0.5, 0.6) is 0 Å².